The summed E-state index contributed by atoms with van der Waals surface area (Å²) in [5.41, 5.74) is 4.60. The number of carboxylic acids is 1. The molecular weight excluding hydrogens is 510 g/mol. The Labute approximate surface area is 212 Å². The summed E-state index contributed by atoms with van der Waals surface area (Å²) in [4.78, 5) is 26.2. The summed E-state index contributed by atoms with van der Waals surface area (Å²) in [7, 11) is 0. The number of halogens is 1. The number of carbonyl (C=O) groups is 2. The van der Waals surface area contributed by atoms with Gasteiger partial charge in [-0.05, 0) is 52.8 Å². The topological polar surface area (TPSA) is 76.1 Å². The van der Waals surface area contributed by atoms with Crippen molar-refractivity contribution in [2.24, 2.45) is 0 Å². The minimum Gasteiger partial charge on any atom is -0.480 e. The predicted octanol–water partition coefficient (Wildman–Crippen LogP) is 5.79. The van der Waals surface area contributed by atoms with Crippen LogP contribution in [-0.2, 0) is 19.9 Å². The number of hydrogen-bond donors (Lipinski definition) is 1. The Hall–Kier alpha value is -3.16. The van der Waals surface area contributed by atoms with Crippen LogP contribution < -0.4 is 0 Å². The summed E-state index contributed by atoms with van der Waals surface area (Å²) >= 11 is 3.49. The molecular formula is C28H26BrNO5. The maximum atomic E-state index is 13.2. The predicted molar refractivity (Wildman–Crippen MR) is 135 cm³/mol. The fourth-order valence-corrected chi connectivity index (χ4v) is 5.67. The average Bonchev–Trinajstić information content (AvgIpc) is 3.20. The standard InChI is InChI=1S/C28H26BrNO5/c29-20-8-5-7-19(15-20)28(35-17-26(31)32)13-6-14-30(18-28)27(33)34-16-25-23-11-3-1-9-21(23)22-10-2-4-12-24(22)25/h1-5,7-12,15,25H,6,13-14,16-18H2,(H,31,32). The Morgan fingerprint density at radius 2 is 1.69 bits per heavy atom. The highest BCUT2D eigenvalue weighted by Gasteiger charge is 2.41. The Balaban J connectivity index is 1.34. The summed E-state index contributed by atoms with van der Waals surface area (Å²) in [6, 6.07) is 24.1. The molecule has 1 N–H and O–H groups in total. The second kappa shape index (κ2) is 9.84. The van der Waals surface area contributed by atoms with E-state index in [2.05, 4.69) is 40.2 Å². The van der Waals surface area contributed by atoms with Gasteiger partial charge in [0, 0.05) is 16.9 Å². The first-order chi connectivity index (χ1) is 17.0. The van der Waals surface area contributed by atoms with Crippen molar-refractivity contribution in [2.75, 3.05) is 26.3 Å². The first-order valence-corrected chi connectivity index (χ1v) is 12.5. The van der Waals surface area contributed by atoms with E-state index in [9.17, 15) is 14.7 Å². The molecule has 1 atom stereocenters. The maximum absolute atomic E-state index is 13.2. The number of piperidine rings is 1. The summed E-state index contributed by atoms with van der Waals surface area (Å²) in [6.07, 6.45) is 0.880. The smallest absolute Gasteiger partial charge is 0.409 e. The minimum absolute atomic E-state index is 0.0192. The minimum atomic E-state index is -1.04. The molecule has 0 radical (unpaired) electrons. The maximum Gasteiger partial charge on any atom is 0.409 e. The van der Waals surface area contributed by atoms with Crippen LogP contribution in [0.25, 0.3) is 11.1 Å². The third kappa shape index (κ3) is 4.70. The van der Waals surface area contributed by atoms with Crippen molar-refractivity contribution in [1.82, 2.24) is 4.90 Å². The van der Waals surface area contributed by atoms with Crippen LogP contribution in [0.5, 0.6) is 0 Å². The fourth-order valence-electron chi connectivity index (χ4n) is 5.27. The van der Waals surface area contributed by atoms with Gasteiger partial charge >= 0.3 is 12.1 Å². The molecule has 5 rings (SSSR count). The average molecular weight is 536 g/mol. The second-order valence-corrected chi connectivity index (χ2v) is 9.93. The number of aliphatic carboxylic acids is 1. The number of carboxylic acid groups (broad SMARTS) is 1. The van der Waals surface area contributed by atoms with Gasteiger partial charge in [-0.15, -0.1) is 0 Å². The molecule has 6 nitrogen and oxygen atoms in total. The molecule has 2 aliphatic rings. The van der Waals surface area contributed by atoms with Gasteiger partial charge in [0.25, 0.3) is 0 Å². The van der Waals surface area contributed by atoms with Gasteiger partial charge in [-0.2, -0.15) is 0 Å². The van der Waals surface area contributed by atoms with E-state index in [0.717, 1.165) is 21.2 Å². The zero-order valence-corrected chi connectivity index (χ0v) is 20.7. The van der Waals surface area contributed by atoms with Crippen molar-refractivity contribution < 1.29 is 24.2 Å². The van der Waals surface area contributed by atoms with E-state index in [4.69, 9.17) is 9.47 Å². The second-order valence-electron chi connectivity index (χ2n) is 9.02. The molecule has 3 aromatic rings. The number of fused-ring (bicyclic) bond motifs is 3. The zero-order valence-electron chi connectivity index (χ0n) is 19.2. The van der Waals surface area contributed by atoms with Gasteiger partial charge < -0.3 is 19.5 Å². The van der Waals surface area contributed by atoms with Crippen LogP contribution in [0.3, 0.4) is 0 Å². The number of likely N-dealkylation sites (tertiary alicyclic amines) is 1. The molecule has 35 heavy (non-hydrogen) atoms. The number of ether oxygens (including phenoxy) is 2. The number of carbonyl (C=O) groups excluding carboxylic acids is 1. The number of hydrogen-bond acceptors (Lipinski definition) is 4. The van der Waals surface area contributed by atoms with E-state index in [1.165, 1.54) is 11.1 Å². The van der Waals surface area contributed by atoms with Gasteiger partial charge in [-0.3, -0.25) is 0 Å². The van der Waals surface area contributed by atoms with Gasteiger partial charge in [-0.1, -0.05) is 76.6 Å². The normalized spacial score (nSPS) is 19.2. The van der Waals surface area contributed by atoms with Crippen molar-refractivity contribution in [3.8, 4) is 11.1 Å². The molecule has 7 heteroatoms. The van der Waals surface area contributed by atoms with E-state index in [-0.39, 0.29) is 19.1 Å². The molecule has 1 aliphatic carbocycles. The van der Waals surface area contributed by atoms with E-state index < -0.39 is 24.3 Å². The Bertz CT molecular complexity index is 1220. The van der Waals surface area contributed by atoms with Crippen LogP contribution in [0.1, 0.15) is 35.4 Å². The molecule has 1 heterocycles. The molecule has 180 valence electrons. The van der Waals surface area contributed by atoms with Crippen LogP contribution in [0.2, 0.25) is 0 Å². The largest absolute Gasteiger partial charge is 0.480 e. The Kier molecular flexibility index (Phi) is 6.62. The van der Waals surface area contributed by atoms with Crippen molar-refractivity contribution in [3.63, 3.8) is 0 Å². The lowest BCUT2D eigenvalue weighted by atomic mass is 9.85. The van der Waals surface area contributed by atoms with E-state index >= 15 is 0 Å². The summed E-state index contributed by atoms with van der Waals surface area (Å²) in [6.45, 7) is 0.560. The lowest BCUT2D eigenvalue weighted by Gasteiger charge is -2.42. The van der Waals surface area contributed by atoms with E-state index in [1.807, 2.05) is 48.5 Å². The molecule has 0 spiro atoms. The van der Waals surface area contributed by atoms with Crippen LogP contribution in [0.15, 0.2) is 77.3 Å². The molecule has 1 unspecified atom stereocenters. The van der Waals surface area contributed by atoms with Gasteiger partial charge in [0.1, 0.15) is 18.8 Å². The van der Waals surface area contributed by atoms with Crippen molar-refractivity contribution in [2.45, 2.75) is 24.4 Å². The highest BCUT2D eigenvalue weighted by molar-refractivity contribution is 9.10. The molecule has 1 aliphatic heterocycles. The first-order valence-electron chi connectivity index (χ1n) is 11.7. The van der Waals surface area contributed by atoms with Gasteiger partial charge in [-0.25, -0.2) is 9.59 Å². The van der Waals surface area contributed by atoms with Crippen LogP contribution in [-0.4, -0.2) is 48.4 Å². The quantitative estimate of drug-likeness (QED) is 0.432. The van der Waals surface area contributed by atoms with E-state index in [0.29, 0.717) is 19.4 Å². The van der Waals surface area contributed by atoms with Gasteiger partial charge in [0.2, 0.25) is 0 Å². The van der Waals surface area contributed by atoms with Crippen molar-refractivity contribution in [3.05, 3.63) is 94.0 Å². The molecule has 1 saturated heterocycles. The van der Waals surface area contributed by atoms with E-state index in [1.54, 1.807) is 4.90 Å². The molecule has 3 aromatic carbocycles. The summed E-state index contributed by atoms with van der Waals surface area (Å²) < 4.78 is 12.7. The fraction of sp³-hybridized carbons (Fsp3) is 0.286. The molecule has 1 fully saturated rings. The Morgan fingerprint density at radius 3 is 2.34 bits per heavy atom. The highest BCUT2D eigenvalue weighted by atomic mass is 79.9. The Morgan fingerprint density at radius 1 is 1.00 bits per heavy atom. The molecule has 1 amide bonds. The SMILES string of the molecule is O=C(O)COC1(c2cccc(Br)c2)CCCN(C(=O)OCC2c3ccccc3-c3ccccc32)C1. The van der Waals surface area contributed by atoms with Crippen LogP contribution >= 0.6 is 15.9 Å². The lowest BCUT2D eigenvalue weighted by molar-refractivity contribution is -0.155. The summed E-state index contributed by atoms with van der Waals surface area (Å²) in [5, 5.41) is 9.26. The number of rotatable bonds is 6. The van der Waals surface area contributed by atoms with Crippen LogP contribution in [0, 0.1) is 0 Å². The van der Waals surface area contributed by atoms with Crippen molar-refractivity contribution >= 4 is 28.0 Å². The highest BCUT2D eigenvalue weighted by Crippen LogP contribution is 2.44. The first kappa shape index (κ1) is 23.6. The number of amides is 1. The third-order valence-electron chi connectivity index (χ3n) is 6.87. The lowest BCUT2D eigenvalue weighted by Crippen LogP contribution is -2.50. The number of benzene rings is 3. The van der Waals surface area contributed by atoms with Crippen LogP contribution in [0.4, 0.5) is 4.79 Å². The monoisotopic (exact) mass is 535 g/mol. The summed E-state index contributed by atoms with van der Waals surface area (Å²) in [5.74, 6) is -1.06. The zero-order chi connectivity index (χ0) is 24.4. The third-order valence-corrected chi connectivity index (χ3v) is 7.37. The van der Waals surface area contributed by atoms with Gasteiger partial charge in [0.15, 0.2) is 0 Å². The van der Waals surface area contributed by atoms with Gasteiger partial charge in [0.05, 0.1) is 6.54 Å². The molecule has 0 saturated carbocycles. The molecule has 0 aromatic heterocycles. The van der Waals surface area contributed by atoms with Crippen molar-refractivity contribution in [1.29, 1.82) is 0 Å². The molecule has 0 bridgehead atoms. The number of nitrogens with zero attached hydrogens (tertiary/aromatic N) is 1.